The summed E-state index contributed by atoms with van der Waals surface area (Å²) in [5, 5.41) is 3.38. The van der Waals surface area contributed by atoms with Gasteiger partial charge in [0.25, 0.3) is 0 Å². The monoisotopic (exact) mass is 338 g/mol. The summed E-state index contributed by atoms with van der Waals surface area (Å²) >= 11 is 0. The minimum absolute atomic E-state index is 0.616. The first-order chi connectivity index (χ1) is 12.0. The molecule has 0 unspecified atom stereocenters. The van der Waals surface area contributed by atoms with Gasteiger partial charge in [-0.1, -0.05) is 13.0 Å². The van der Waals surface area contributed by atoms with Crippen molar-refractivity contribution in [3.63, 3.8) is 0 Å². The maximum Gasteiger partial charge on any atom is 0.229 e. The summed E-state index contributed by atoms with van der Waals surface area (Å²) in [4.78, 5) is 11.1. The highest BCUT2D eigenvalue weighted by molar-refractivity contribution is 5.76. The van der Waals surface area contributed by atoms with Crippen molar-refractivity contribution in [2.45, 2.75) is 33.6 Å². The van der Waals surface area contributed by atoms with Gasteiger partial charge in [0.15, 0.2) is 0 Å². The Morgan fingerprint density at radius 1 is 1.28 bits per heavy atom. The molecule has 0 aliphatic carbocycles. The largest absolute Gasteiger partial charge is 0.492 e. The highest BCUT2D eigenvalue weighted by atomic mass is 16.5. The number of nitrogens with zero attached hydrogens (tertiary/aromatic N) is 3. The SMILES string of the molecule is CC/C=C(\C)c1cc(Nc2nc(C)cc(N(C)C)n2)cc2c1OCC2. The molecule has 0 saturated heterocycles. The summed E-state index contributed by atoms with van der Waals surface area (Å²) < 4.78 is 5.87. The summed E-state index contributed by atoms with van der Waals surface area (Å²) in [6, 6.07) is 6.25. The molecular formula is C20H26N4O. The zero-order valence-electron chi connectivity index (χ0n) is 15.7. The van der Waals surface area contributed by atoms with Gasteiger partial charge in [-0.2, -0.15) is 4.98 Å². The maximum absolute atomic E-state index is 5.87. The normalized spacial score (nSPS) is 13.4. The summed E-state index contributed by atoms with van der Waals surface area (Å²) in [6.45, 7) is 7.01. The lowest BCUT2D eigenvalue weighted by atomic mass is 10.0. The Morgan fingerprint density at radius 3 is 2.80 bits per heavy atom. The van der Waals surface area contributed by atoms with Gasteiger partial charge in [-0.05, 0) is 38.0 Å². The number of allylic oxidation sites excluding steroid dienone is 2. The molecule has 5 heteroatoms. The van der Waals surface area contributed by atoms with E-state index in [2.05, 4.69) is 47.3 Å². The van der Waals surface area contributed by atoms with Crippen LogP contribution in [-0.4, -0.2) is 30.7 Å². The van der Waals surface area contributed by atoms with E-state index >= 15 is 0 Å². The lowest BCUT2D eigenvalue weighted by Crippen LogP contribution is -2.12. The van der Waals surface area contributed by atoms with E-state index in [4.69, 9.17) is 4.74 Å². The van der Waals surface area contributed by atoms with Gasteiger partial charge >= 0.3 is 0 Å². The van der Waals surface area contributed by atoms with E-state index in [0.717, 1.165) is 48.0 Å². The van der Waals surface area contributed by atoms with Crippen LogP contribution in [0.5, 0.6) is 5.75 Å². The molecule has 2 aromatic rings. The number of fused-ring (bicyclic) bond motifs is 1. The van der Waals surface area contributed by atoms with Crippen molar-refractivity contribution in [2.24, 2.45) is 0 Å². The number of hydrogen-bond donors (Lipinski definition) is 1. The van der Waals surface area contributed by atoms with Crippen LogP contribution in [0, 0.1) is 6.92 Å². The van der Waals surface area contributed by atoms with Gasteiger partial charge in [-0.15, -0.1) is 0 Å². The van der Waals surface area contributed by atoms with Gasteiger partial charge < -0.3 is 15.0 Å². The van der Waals surface area contributed by atoms with Crippen LogP contribution >= 0.6 is 0 Å². The van der Waals surface area contributed by atoms with Crippen LogP contribution in [0.15, 0.2) is 24.3 Å². The molecule has 1 N–H and O–H groups in total. The molecule has 1 aromatic carbocycles. The van der Waals surface area contributed by atoms with Crippen molar-refractivity contribution in [2.75, 3.05) is 30.9 Å². The van der Waals surface area contributed by atoms with E-state index in [1.54, 1.807) is 0 Å². The van der Waals surface area contributed by atoms with Gasteiger partial charge in [-0.3, -0.25) is 0 Å². The lowest BCUT2D eigenvalue weighted by Gasteiger charge is -2.15. The summed E-state index contributed by atoms with van der Waals surface area (Å²) in [5.41, 5.74) is 5.57. The Kier molecular flexibility index (Phi) is 4.93. The number of benzene rings is 1. The van der Waals surface area contributed by atoms with Crippen LogP contribution in [-0.2, 0) is 6.42 Å². The molecule has 0 atom stereocenters. The molecule has 1 aliphatic rings. The second-order valence-corrected chi connectivity index (χ2v) is 6.62. The minimum Gasteiger partial charge on any atom is -0.492 e. The van der Waals surface area contributed by atoms with Crippen molar-refractivity contribution >= 4 is 23.0 Å². The van der Waals surface area contributed by atoms with E-state index < -0.39 is 0 Å². The number of hydrogen-bond acceptors (Lipinski definition) is 5. The molecule has 0 spiro atoms. The average molecular weight is 338 g/mol. The summed E-state index contributed by atoms with van der Waals surface area (Å²) in [7, 11) is 3.96. The fourth-order valence-corrected chi connectivity index (χ4v) is 3.06. The van der Waals surface area contributed by atoms with Crippen LogP contribution in [0.4, 0.5) is 17.5 Å². The van der Waals surface area contributed by atoms with Gasteiger partial charge in [-0.25, -0.2) is 4.98 Å². The molecule has 25 heavy (non-hydrogen) atoms. The Balaban J connectivity index is 1.99. The first-order valence-electron chi connectivity index (χ1n) is 8.74. The molecule has 0 bridgehead atoms. The van der Waals surface area contributed by atoms with Gasteiger partial charge in [0.1, 0.15) is 11.6 Å². The van der Waals surface area contributed by atoms with Crippen LogP contribution in [0.2, 0.25) is 0 Å². The van der Waals surface area contributed by atoms with Crippen LogP contribution < -0.4 is 15.0 Å². The number of nitrogens with one attached hydrogen (secondary N) is 1. The fourth-order valence-electron chi connectivity index (χ4n) is 3.06. The number of ether oxygens (including phenoxy) is 1. The Labute approximate surface area is 149 Å². The standard InChI is InChI=1S/C20H26N4O/c1-6-7-13(2)17-12-16(11-15-8-9-25-19(15)17)22-20-21-14(3)10-18(23-20)24(4)5/h7,10-12H,6,8-9H2,1-5H3,(H,21,22,23)/b13-7+. The molecule has 0 fully saturated rings. The van der Waals surface area contributed by atoms with Crippen LogP contribution in [0.3, 0.4) is 0 Å². The smallest absolute Gasteiger partial charge is 0.229 e. The van der Waals surface area contributed by atoms with Crippen molar-refractivity contribution in [1.29, 1.82) is 0 Å². The molecule has 0 amide bonds. The molecule has 1 aromatic heterocycles. The molecule has 0 radical (unpaired) electrons. The highest BCUT2D eigenvalue weighted by Gasteiger charge is 2.19. The summed E-state index contributed by atoms with van der Waals surface area (Å²) in [6.07, 6.45) is 4.18. The average Bonchev–Trinajstić information content (AvgIpc) is 3.02. The van der Waals surface area contributed by atoms with Crippen LogP contribution in [0.25, 0.3) is 5.57 Å². The molecule has 3 rings (SSSR count). The molecule has 0 saturated carbocycles. The predicted octanol–water partition coefficient (Wildman–Crippen LogP) is 4.34. The van der Waals surface area contributed by atoms with E-state index in [-0.39, 0.29) is 0 Å². The Bertz CT molecular complexity index is 812. The van der Waals surface area contributed by atoms with Gasteiger partial charge in [0.05, 0.1) is 6.61 Å². The number of aryl methyl sites for hydroxylation is 1. The van der Waals surface area contributed by atoms with Gasteiger partial charge in [0, 0.05) is 49.1 Å². The van der Waals surface area contributed by atoms with E-state index in [0.29, 0.717) is 5.95 Å². The van der Waals surface area contributed by atoms with Crippen LogP contribution in [0.1, 0.15) is 37.1 Å². The number of anilines is 3. The first-order valence-corrected chi connectivity index (χ1v) is 8.74. The van der Waals surface area contributed by atoms with Crippen molar-refractivity contribution < 1.29 is 4.74 Å². The van der Waals surface area contributed by atoms with Crippen molar-refractivity contribution in [3.8, 4) is 5.75 Å². The second-order valence-electron chi connectivity index (χ2n) is 6.62. The zero-order chi connectivity index (χ0) is 18.0. The third kappa shape index (κ3) is 3.76. The predicted molar refractivity (Wildman–Crippen MR) is 104 cm³/mol. The van der Waals surface area contributed by atoms with E-state index in [1.807, 2.05) is 32.0 Å². The quantitative estimate of drug-likeness (QED) is 0.879. The van der Waals surface area contributed by atoms with E-state index in [9.17, 15) is 0 Å². The maximum atomic E-state index is 5.87. The molecular weight excluding hydrogens is 312 g/mol. The zero-order valence-corrected chi connectivity index (χ0v) is 15.7. The Hall–Kier alpha value is -2.56. The fraction of sp³-hybridized carbons (Fsp3) is 0.400. The molecule has 5 nitrogen and oxygen atoms in total. The molecule has 1 aliphatic heterocycles. The van der Waals surface area contributed by atoms with E-state index in [1.165, 1.54) is 11.1 Å². The van der Waals surface area contributed by atoms with Crippen molar-refractivity contribution in [3.05, 3.63) is 41.1 Å². The first kappa shape index (κ1) is 17.3. The highest BCUT2D eigenvalue weighted by Crippen LogP contribution is 2.37. The second kappa shape index (κ2) is 7.13. The van der Waals surface area contributed by atoms with Crippen molar-refractivity contribution in [1.82, 2.24) is 9.97 Å². The number of aromatic nitrogens is 2. The van der Waals surface area contributed by atoms with Gasteiger partial charge in [0.2, 0.25) is 5.95 Å². The third-order valence-corrected chi connectivity index (χ3v) is 4.27. The number of rotatable bonds is 5. The third-order valence-electron chi connectivity index (χ3n) is 4.27. The lowest BCUT2D eigenvalue weighted by molar-refractivity contribution is 0.356. The Morgan fingerprint density at radius 2 is 2.08 bits per heavy atom. The minimum atomic E-state index is 0.616. The molecule has 132 valence electrons. The topological polar surface area (TPSA) is 50.3 Å². The summed E-state index contributed by atoms with van der Waals surface area (Å²) in [5.74, 6) is 2.53. The molecule has 2 heterocycles.